The first-order valence-corrected chi connectivity index (χ1v) is 7.66. The summed E-state index contributed by atoms with van der Waals surface area (Å²) in [6.07, 6.45) is 0. The second kappa shape index (κ2) is 11.5. The smallest absolute Gasteiger partial charge is 1.00 e. The molecule has 0 nitrogen and oxygen atoms in total. The molecule has 0 aromatic carbocycles. The monoisotopic (exact) mass is 316 g/mol. The van der Waals surface area contributed by atoms with E-state index in [1.54, 1.807) is 0 Å². The van der Waals surface area contributed by atoms with Crippen molar-refractivity contribution in [3.63, 3.8) is 0 Å². The zero-order chi connectivity index (χ0) is 10.3. The van der Waals surface area contributed by atoms with Crippen molar-refractivity contribution in [3.8, 4) is 0 Å². The van der Waals surface area contributed by atoms with Crippen molar-refractivity contribution in [2.24, 2.45) is 0 Å². The molecule has 0 N–H and O–H groups in total. The van der Waals surface area contributed by atoms with E-state index in [9.17, 15) is 0 Å². The first-order chi connectivity index (χ1) is 5.46. The topological polar surface area (TPSA) is 0 Å². The Morgan fingerprint density at radius 3 is 0.846 bits per heavy atom. The fraction of sp³-hybridized carbons (Fsp3) is 1.00. The van der Waals surface area contributed by atoms with Crippen LogP contribution in [0.1, 0.15) is 41.5 Å². The van der Waals surface area contributed by atoms with E-state index in [1.165, 1.54) is 0 Å². The molecule has 0 aliphatic heterocycles. The predicted octanol–water partition coefficient (Wildman–Crippen LogP) is 1.28. The Hall–Kier alpha value is 1.38. The van der Waals surface area contributed by atoms with E-state index in [4.69, 9.17) is 0 Å². The summed E-state index contributed by atoms with van der Waals surface area (Å²) in [5, 5.41) is 1.85. The molecule has 0 aromatic heterocycles. The molecule has 0 radical (unpaired) electrons. The van der Waals surface area contributed by atoms with Crippen molar-refractivity contribution in [1.29, 1.82) is 0 Å². The Bertz CT molecular complexity index is 75.9. The van der Waals surface area contributed by atoms with Crippen LogP contribution in [0.15, 0.2) is 0 Å². The summed E-state index contributed by atoms with van der Waals surface area (Å²) in [6, 6.07) is 0. The van der Waals surface area contributed by atoms with Gasteiger partial charge in [-0.3, -0.25) is 0 Å². The average Bonchev–Trinajstić information content (AvgIpc) is 1.88. The molecule has 0 fully saturated rings. The summed E-state index contributed by atoms with van der Waals surface area (Å²) in [5.41, 5.74) is 2.69. The zero-order valence-electron chi connectivity index (χ0n) is 9.87. The first kappa shape index (κ1) is 19.9. The van der Waals surface area contributed by atoms with E-state index in [1.807, 2.05) is 5.40 Å². The molecule has 0 aliphatic carbocycles. The number of rotatable bonds is 3. The maximum absolute atomic E-state index is 2.75. The molecule has 0 unspecified atom stereocenters. The molecule has 0 saturated heterocycles. The molecule has 0 aliphatic rings. The van der Waals surface area contributed by atoms with Gasteiger partial charge in [0, 0.05) is 0 Å². The summed E-state index contributed by atoms with van der Waals surface area (Å²) in [5.74, 6) is 0. The van der Waals surface area contributed by atoms with E-state index in [0.29, 0.717) is 0 Å². The Balaban J connectivity index is -0.000000309. The maximum atomic E-state index is 2.75. The van der Waals surface area contributed by atoms with Crippen molar-refractivity contribution in [3.05, 3.63) is 0 Å². The SMILES string of the molecule is CC(C)P(C(C)C)C(C)C.[CH3][Pd+].[Cl-]. The van der Waals surface area contributed by atoms with Gasteiger partial charge in [0.1, 0.15) is 0 Å². The van der Waals surface area contributed by atoms with Gasteiger partial charge in [0.05, 0.1) is 0 Å². The number of hydrogen-bond acceptors (Lipinski definition) is 0. The molecule has 0 aromatic rings. The molecule has 86 valence electrons. The fourth-order valence-electron chi connectivity index (χ4n) is 1.79. The van der Waals surface area contributed by atoms with Gasteiger partial charge in [-0.2, -0.15) is 0 Å². The third-order valence-corrected chi connectivity index (χ3v) is 5.37. The summed E-state index contributed by atoms with van der Waals surface area (Å²) in [6.45, 7) is 14.1. The molecule has 0 rings (SSSR count). The largest absolute Gasteiger partial charge is 1.00 e. The van der Waals surface area contributed by atoms with Gasteiger partial charge in [0.15, 0.2) is 0 Å². The summed E-state index contributed by atoms with van der Waals surface area (Å²) >= 11 is 2.75. The quantitative estimate of drug-likeness (QED) is 0.543. The third-order valence-electron chi connectivity index (χ3n) is 1.79. The van der Waals surface area contributed by atoms with Gasteiger partial charge in [0.25, 0.3) is 0 Å². The molecule has 0 atom stereocenters. The maximum Gasteiger partial charge on any atom is -1.00 e. The van der Waals surface area contributed by atoms with E-state index in [-0.39, 0.29) is 20.3 Å². The molecule has 0 bridgehead atoms. The Labute approximate surface area is 103 Å². The minimum absolute atomic E-state index is 0. The predicted molar refractivity (Wildman–Crippen MR) is 58.2 cm³/mol. The van der Waals surface area contributed by atoms with E-state index in [0.717, 1.165) is 17.0 Å². The van der Waals surface area contributed by atoms with Crippen LogP contribution in [0.25, 0.3) is 0 Å². The molecular weight excluding hydrogens is 293 g/mol. The normalized spacial score (nSPS) is 10.2. The molecule has 13 heavy (non-hydrogen) atoms. The first-order valence-electron chi connectivity index (χ1n) is 4.55. The van der Waals surface area contributed by atoms with Crippen LogP contribution in [0.5, 0.6) is 0 Å². The van der Waals surface area contributed by atoms with Gasteiger partial charge in [-0.1, -0.05) is 49.5 Å². The van der Waals surface area contributed by atoms with Crippen LogP contribution in [-0.2, 0) is 19.2 Å². The van der Waals surface area contributed by atoms with Crippen LogP contribution in [0, 0.1) is 0 Å². The molecule has 0 heterocycles. The number of halogens is 1. The minimum Gasteiger partial charge on any atom is -1.00 e. The summed E-state index contributed by atoms with van der Waals surface area (Å²) in [7, 11) is 0.262. The second-order valence-corrected chi connectivity index (χ2v) is 7.72. The van der Waals surface area contributed by atoms with Crippen molar-refractivity contribution in [2.45, 2.75) is 63.9 Å². The second-order valence-electron chi connectivity index (χ2n) is 3.73. The third kappa shape index (κ3) is 9.68. The standard InChI is InChI=1S/C9H21P.CH3.ClH.Pd/c1-7(2)10(8(3)4)9(5)6;;;/h7-9H,1-6H3;1H3;1H;/q;;;+1/p-1. The van der Waals surface area contributed by atoms with Crippen molar-refractivity contribution in [1.82, 2.24) is 0 Å². The average molecular weight is 317 g/mol. The summed E-state index contributed by atoms with van der Waals surface area (Å²) < 4.78 is 0. The van der Waals surface area contributed by atoms with E-state index < -0.39 is 0 Å². The summed E-state index contributed by atoms with van der Waals surface area (Å²) in [4.78, 5) is 0. The molecular formula is C10H24ClPPd. The minimum atomic E-state index is 0. The van der Waals surface area contributed by atoms with Crippen LogP contribution >= 0.6 is 7.92 Å². The Morgan fingerprint density at radius 1 is 0.692 bits per heavy atom. The van der Waals surface area contributed by atoms with Crippen LogP contribution in [0.2, 0.25) is 5.40 Å². The van der Waals surface area contributed by atoms with Gasteiger partial charge < -0.3 is 12.4 Å². The van der Waals surface area contributed by atoms with Crippen molar-refractivity contribution < 1.29 is 31.6 Å². The van der Waals surface area contributed by atoms with Crippen LogP contribution in [0.4, 0.5) is 0 Å². The fourth-order valence-corrected chi connectivity index (χ4v) is 5.37. The van der Waals surface area contributed by atoms with Gasteiger partial charge >= 0.3 is 24.6 Å². The molecule has 0 saturated carbocycles. The van der Waals surface area contributed by atoms with Crippen molar-refractivity contribution >= 4 is 7.92 Å². The van der Waals surface area contributed by atoms with E-state index in [2.05, 4.69) is 60.7 Å². The van der Waals surface area contributed by atoms with Crippen molar-refractivity contribution in [2.75, 3.05) is 0 Å². The molecule has 3 heteroatoms. The van der Waals surface area contributed by atoms with Gasteiger partial charge in [-0.15, -0.1) is 0 Å². The van der Waals surface area contributed by atoms with Gasteiger partial charge in [0.2, 0.25) is 0 Å². The Kier molecular flexibility index (Phi) is 17.5. The van der Waals surface area contributed by atoms with Crippen LogP contribution < -0.4 is 12.4 Å². The Morgan fingerprint density at radius 2 is 0.846 bits per heavy atom. The van der Waals surface area contributed by atoms with E-state index >= 15 is 0 Å². The van der Waals surface area contributed by atoms with Gasteiger partial charge in [-0.05, 0) is 17.0 Å². The van der Waals surface area contributed by atoms with Crippen LogP contribution in [-0.4, -0.2) is 17.0 Å². The van der Waals surface area contributed by atoms with Crippen LogP contribution in [0.3, 0.4) is 0 Å². The molecule has 0 spiro atoms. The van der Waals surface area contributed by atoms with Gasteiger partial charge in [-0.25, -0.2) is 0 Å². The number of hydrogen-bond donors (Lipinski definition) is 0. The molecule has 0 amide bonds. The zero-order valence-corrected chi connectivity index (χ0v) is 13.1.